The number of nitrogens with one attached hydrogen (secondary N) is 1. The summed E-state index contributed by atoms with van der Waals surface area (Å²) in [7, 11) is -0.557. The highest BCUT2D eigenvalue weighted by Gasteiger charge is 2.29. The third kappa shape index (κ3) is 5.93. The highest BCUT2D eigenvalue weighted by molar-refractivity contribution is 7.92. The first kappa shape index (κ1) is 23.0. The van der Waals surface area contributed by atoms with E-state index in [0.717, 1.165) is 22.8 Å². The molecule has 1 heterocycles. The van der Waals surface area contributed by atoms with Crippen LogP contribution in [0, 0.1) is 0 Å². The van der Waals surface area contributed by atoms with Crippen LogP contribution in [0.3, 0.4) is 0 Å². The van der Waals surface area contributed by atoms with Crippen LogP contribution in [0.4, 0.5) is 5.13 Å². The van der Waals surface area contributed by atoms with Crippen molar-refractivity contribution in [1.29, 1.82) is 0 Å². The molecule has 3 aromatic rings. The van der Waals surface area contributed by atoms with Gasteiger partial charge in [-0.05, 0) is 55.3 Å². The largest absolute Gasteiger partial charge is 0.497 e. The number of anilines is 1. The standard InChI is InChI=1S/C21H26N4O4S2/c1-14(22)11-20(31(26,27)18-9-7-16(28-2)8-10-18)24-21-23-19(25-30-21)13-15-5-4-6-17(12-15)29-3/h4-10,12,14,20H,11,13,22H2,1-3H3,(H,23,24,25). The molecule has 2 unspecified atom stereocenters. The van der Waals surface area contributed by atoms with Gasteiger partial charge in [0.05, 0.1) is 19.1 Å². The average molecular weight is 463 g/mol. The molecule has 166 valence electrons. The number of hydrogen-bond acceptors (Lipinski definition) is 9. The van der Waals surface area contributed by atoms with Crippen molar-refractivity contribution in [2.45, 2.75) is 36.1 Å². The molecule has 0 amide bonds. The second-order valence-corrected chi connectivity index (χ2v) is 9.99. The summed E-state index contributed by atoms with van der Waals surface area (Å²) in [5.41, 5.74) is 6.93. The molecular formula is C21H26N4O4S2. The number of benzene rings is 2. The van der Waals surface area contributed by atoms with Crippen LogP contribution >= 0.6 is 11.5 Å². The summed E-state index contributed by atoms with van der Waals surface area (Å²) in [5.74, 6) is 1.94. The van der Waals surface area contributed by atoms with E-state index in [1.54, 1.807) is 26.2 Å². The third-order valence-corrected chi connectivity index (χ3v) is 7.27. The van der Waals surface area contributed by atoms with E-state index in [9.17, 15) is 8.42 Å². The first-order chi connectivity index (χ1) is 14.8. The number of nitrogens with two attached hydrogens (primary N) is 1. The Hall–Kier alpha value is -2.69. The maximum absolute atomic E-state index is 13.2. The lowest BCUT2D eigenvalue weighted by Crippen LogP contribution is -2.35. The first-order valence-electron chi connectivity index (χ1n) is 9.67. The normalized spacial score (nSPS) is 13.4. The lowest BCUT2D eigenvalue weighted by Gasteiger charge is -2.20. The van der Waals surface area contributed by atoms with E-state index in [0.29, 0.717) is 23.1 Å². The van der Waals surface area contributed by atoms with E-state index in [-0.39, 0.29) is 17.4 Å². The maximum atomic E-state index is 13.2. The first-order valence-corrected chi connectivity index (χ1v) is 12.0. The fourth-order valence-electron chi connectivity index (χ4n) is 3.02. The number of sulfone groups is 1. The third-order valence-electron chi connectivity index (χ3n) is 4.60. The molecule has 0 saturated carbocycles. The Morgan fingerprint density at radius 2 is 1.81 bits per heavy atom. The van der Waals surface area contributed by atoms with Crippen LogP contribution in [0.15, 0.2) is 53.4 Å². The van der Waals surface area contributed by atoms with Gasteiger partial charge in [0.2, 0.25) is 5.13 Å². The Balaban J connectivity index is 1.79. The zero-order chi connectivity index (χ0) is 22.4. The van der Waals surface area contributed by atoms with E-state index in [1.165, 1.54) is 19.2 Å². The second kappa shape index (κ2) is 10.1. The van der Waals surface area contributed by atoms with Gasteiger partial charge in [-0.3, -0.25) is 0 Å². The van der Waals surface area contributed by atoms with Crippen LogP contribution in [0.5, 0.6) is 11.5 Å². The quantitative estimate of drug-likeness (QED) is 0.472. The van der Waals surface area contributed by atoms with Gasteiger partial charge in [0.15, 0.2) is 9.84 Å². The number of ether oxygens (including phenoxy) is 2. The van der Waals surface area contributed by atoms with Crippen LogP contribution in [0.25, 0.3) is 0 Å². The van der Waals surface area contributed by atoms with E-state index in [4.69, 9.17) is 15.2 Å². The highest BCUT2D eigenvalue weighted by Crippen LogP contribution is 2.25. The Morgan fingerprint density at radius 3 is 2.45 bits per heavy atom. The smallest absolute Gasteiger partial charge is 0.203 e. The molecule has 0 aliphatic heterocycles. The van der Waals surface area contributed by atoms with Gasteiger partial charge >= 0.3 is 0 Å². The molecule has 10 heteroatoms. The molecule has 0 bridgehead atoms. The summed E-state index contributed by atoms with van der Waals surface area (Å²) in [5, 5.41) is 2.53. The summed E-state index contributed by atoms with van der Waals surface area (Å²) in [6.45, 7) is 1.77. The number of nitrogens with zero attached hydrogens (tertiary/aromatic N) is 2. The van der Waals surface area contributed by atoms with Crippen molar-refractivity contribution in [3.8, 4) is 11.5 Å². The molecule has 3 rings (SSSR count). The number of rotatable bonds is 10. The fraction of sp³-hybridized carbons (Fsp3) is 0.333. The maximum Gasteiger partial charge on any atom is 0.203 e. The SMILES string of the molecule is COc1ccc(S(=O)(=O)C(CC(C)N)Nc2nc(Cc3cccc(OC)c3)ns2)cc1. The van der Waals surface area contributed by atoms with E-state index in [1.807, 2.05) is 24.3 Å². The number of hydrogen-bond donors (Lipinski definition) is 2. The van der Waals surface area contributed by atoms with Crippen LogP contribution in [0.1, 0.15) is 24.7 Å². The molecule has 0 radical (unpaired) electrons. The zero-order valence-corrected chi connectivity index (χ0v) is 19.2. The van der Waals surface area contributed by atoms with Crippen molar-refractivity contribution in [3.63, 3.8) is 0 Å². The minimum absolute atomic E-state index is 0.188. The van der Waals surface area contributed by atoms with Gasteiger partial charge in [0.25, 0.3) is 0 Å². The minimum atomic E-state index is -3.70. The van der Waals surface area contributed by atoms with Gasteiger partial charge in [-0.25, -0.2) is 13.4 Å². The Morgan fingerprint density at radius 1 is 1.10 bits per heavy atom. The fourth-order valence-corrected chi connectivity index (χ4v) is 5.40. The van der Waals surface area contributed by atoms with Crippen LogP contribution in [-0.4, -0.2) is 43.4 Å². The number of aromatic nitrogens is 2. The summed E-state index contributed by atoms with van der Waals surface area (Å²) in [4.78, 5) is 4.66. The predicted octanol–water partition coefficient (Wildman–Crippen LogP) is 3.10. The Bertz CT molecular complexity index is 1100. The monoisotopic (exact) mass is 462 g/mol. The minimum Gasteiger partial charge on any atom is -0.497 e. The molecule has 0 fully saturated rings. The summed E-state index contributed by atoms with van der Waals surface area (Å²) >= 11 is 1.12. The number of methoxy groups -OCH3 is 2. The second-order valence-electron chi connectivity index (χ2n) is 7.11. The summed E-state index contributed by atoms with van der Waals surface area (Å²) < 4.78 is 41.2. The predicted molar refractivity (Wildman–Crippen MR) is 122 cm³/mol. The summed E-state index contributed by atoms with van der Waals surface area (Å²) in [6, 6.07) is 13.6. The van der Waals surface area contributed by atoms with Crippen molar-refractivity contribution in [2.24, 2.45) is 5.73 Å². The van der Waals surface area contributed by atoms with Crippen molar-refractivity contribution in [2.75, 3.05) is 19.5 Å². The highest BCUT2D eigenvalue weighted by atomic mass is 32.2. The molecule has 1 aromatic heterocycles. The van der Waals surface area contributed by atoms with Crippen LogP contribution in [-0.2, 0) is 16.3 Å². The van der Waals surface area contributed by atoms with Crippen molar-refractivity contribution in [1.82, 2.24) is 9.36 Å². The van der Waals surface area contributed by atoms with Crippen molar-refractivity contribution < 1.29 is 17.9 Å². The van der Waals surface area contributed by atoms with E-state index < -0.39 is 15.2 Å². The Kier molecular flexibility index (Phi) is 7.47. The molecule has 31 heavy (non-hydrogen) atoms. The molecule has 3 N–H and O–H groups in total. The van der Waals surface area contributed by atoms with Gasteiger partial charge in [-0.1, -0.05) is 12.1 Å². The molecule has 0 aliphatic rings. The molecule has 0 aliphatic carbocycles. The Labute approximate surface area is 186 Å². The van der Waals surface area contributed by atoms with Crippen molar-refractivity contribution in [3.05, 3.63) is 59.9 Å². The lowest BCUT2D eigenvalue weighted by atomic mass is 10.1. The molecule has 2 atom stereocenters. The molecule has 2 aromatic carbocycles. The van der Waals surface area contributed by atoms with Crippen molar-refractivity contribution >= 4 is 26.5 Å². The molecule has 0 spiro atoms. The molecule has 0 saturated heterocycles. The van der Waals surface area contributed by atoms with Gasteiger partial charge in [0.1, 0.15) is 22.7 Å². The average Bonchev–Trinajstić information content (AvgIpc) is 3.20. The summed E-state index contributed by atoms with van der Waals surface area (Å²) in [6.07, 6.45) is 0.734. The van der Waals surface area contributed by atoms with Crippen LogP contribution < -0.4 is 20.5 Å². The van der Waals surface area contributed by atoms with Gasteiger partial charge in [-0.15, -0.1) is 0 Å². The lowest BCUT2D eigenvalue weighted by molar-refractivity contribution is 0.414. The molecular weight excluding hydrogens is 436 g/mol. The van der Waals surface area contributed by atoms with Gasteiger partial charge in [-0.2, -0.15) is 4.37 Å². The van der Waals surface area contributed by atoms with Gasteiger partial charge in [0, 0.05) is 24.0 Å². The van der Waals surface area contributed by atoms with Crippen LogP contribution in [0.2, 0.25) is 0 Å². The van der Waals surface area contributed by atoms with E-state index in [2.05, 4.69) is 14.7 Å². The molecule has 8 nitrogen and oxygen atoms in total. The van der Waals surface area contributed by atoms with E-state index >= 15 is 0 Å². The zero-order valence-electron chi connectivity index (χ0n) is 17.6. The van der Waals surface area contributed by atoms with Gasteiger partial charge < -0.3 is 20.5 Å². The topological polar surface area (TPSA) is 116 Å².